The summed E-state index contributed by atoms with van der Waals surface area (Å²) in [6, 6.07) is 6.27. The number of hydrogen-bond acceptors (Lipinski definition) is 2. The second-order valence-electron chi connectivity index (χ2n) is 4.12. The Kier molecular flexibility index (Phi) is 2.45. The number of rotatable bonds is 0. The van der Waals surface area contributed by atoms with Gasteiger partial charge in [0.05, 0.1) is 18.7 Å². The van der Waals surface area contributed by atoms with Crippen molar-refractivity contribution in [3.05, 3.63) is 39.5 Å². The van der Waals surface area contributed by atoms with Gasteiger partial charge >= 0.3 is 0 Å². The van der Waals surface area contributed by atoms with Crippen LogP contribution in [0.3, 0.4) is 0 Å². The third-order valence-electron chi connectivity index (χ3n) is 3.12. The molecule has 2 aromatic rings. The lowest BCUT2D eigenvalue weighted by molar-refractivity contribution is 0.110. The number of ether oxygens (including phenoxy) is 1. The highest BCUT2D eigenvalue weighted by Gasteiger charge is 2.16. The molecule has 82 valence electrons. The Morgan fingerprint density at radius 3 is 3.06 bits per heavy atom. The number of pyridine rings is 1. The number of nitrogens with zero attached hydrogens (tertiary/aromatic N) is 1. The third-order valence-corrected chi connectivity index (χ3v) is 3.61. The zero-order valence-electron chi connectivity index (χ0n) is 9.09. The first kappa shape index (κ1) is 10.2. The lowest BCUT2D eigenvalue weighted by Crippen LogP contribution is -2.13. The zero-order chi connectivity index (χ0) is 11.1. The zero-order valence-corrected chi connectivity index (χ0v) is 10.7. The summed E-state index contributed by atoms with van der Waals surface area (Å²) >= 11 is 3.52. The second-order valence-corrected chi connectivity index (χ2v) is 5.03. The predicted octanol–water partition coefficient (Wildman–Crippen LogP) is 3.38. The van der Waals surface area contributed by atoms with Crippen LogP contribution in [0.4, 0.5) is 0 Å². The van der Waals surface area contributed by atoms with E-state index in [9.17, 15) is 0 Å². The monoisotopic (exact) mass is 277 g/mol. The van der Waals surface area contributed by atoms with Crippen LogP contribution in [0, 0.1) is 6.92 Å². The van der Waals surface area contributed by atoms with Crippen LogP contribution in [0.5, 0.6) is 0 Å². The van der Waals surface area contributed by atoms with Gasteiger partial charge in [-0.1, -0.05) is 15.9 Å². The number of benzene rings is 1. The number of halogens is 1. The highest BCUT2D eigenvalue weighted by atomic mass is 79.9. The molecule has 0 bridgehead atoms. The Hall–Kier alpha value is -0.930. The average molecular weight is 278 g/mol. The topological polar surface area (TPSA) is 22.1 Å². The van der Waals surface area contributed by atoms with Gasteiger partial charge in [-0.25, -0.2) is 0 Å². The first-order chi connectivity index (χ1) is 7.75. The van der Waals surface area contributed by atoms with E-state index in [4.69, 9.17) is 4.74 Å². The van der Waals surface area contributed by atoms with Crippen LogP contribution in [-0.4, -0.2) is 11.6 Å². The number of fused-ring (bicyclic) bond motifs is 3. The highest BCUT2D eigenvalue weighted by Crippen LogP contribution is 2.29. The molecule has 1 aliphatic rings. The van der Waals surface area contributed by atoms with Crippen molar-refractivity contribution in [1.29, 1.82) is 0 Å². The van der Waals surface area contributed by atoms with Gasteiger partial charge in [0, 0.05) is 21.1 Å². The van der Waals surface area contributed by atoms with Gasteiger partial charge in [0.25, 0.3) is 0 Å². The van der Waals surface area contributed by atoms with Crippen LogP contribution in [-0.2, 0) is 17.8 Å². The van der Waals surface area contributed by atoms with Crippen molar-refractivity contribution >= 4 is 26.8 Å². The molecule has 0 unspecified atom stereocenters. The Bertz CT molecular complexity index is 565. The van der Waals surface area contributed by atoms with Crippen molar-refractivity contribution in [3.63, 3.8) is 0 Å². The summed E-state index contributed by atoms with van der Waals surface area (Å²) in [5.41, 5.74) is 4.87. The molecule has 0 amide bonds. The van der Waals surface area contributed by atoms with Crippen LogP contribution in [0.2, 0.25) is 0 Å². The van der Waals surface area contributed by atoms with Crippen LogP contribution < -0.4 is 0 Å². The van der Waals surface area contributed by atoms with Gasteiger partial charge in [0.1, 0.15) is 0 Å². The maximum absolute atomic E-state index is 5.50. The van der Waals surface area contributed by atoms with Crippen molar-refractivity contribution in [2.24, 2.45) is 0 Å². The summed E-state index contributed by atoms with van der Waals surface area (Å²) < 4.78 is 6.61. The smallest absolute Gasteiger partial charge is 0.0737 e. The van der Waals surface area contributed by atoms with Gasteiger partial charge in [-0.15, -0.1) is 0 Å². The molecule has 1 aliphatic heterocycles. The van der Waals surface area contributed by atoms with Gasteiger partial charge in [0.2, 0.25) is 0 Å². The van der Waals surface area contributed by atoms with Gasteiger partial charge in [-0.2, -0.15) is 0 Å². The lowest BCUT2D eigenvalue weighted by Gasteiger charge is -2.20. The highest BCUT2D eigenvalue weighted by molar-refractivity contribution is 9.10. The molecule has 0 saturated heterocycles. The largest absolute Gasteiger partial charge is 0.376 e. The van der Waals surface area contributed by atoms with E-state index in [1.807, 2.05) is 6.07 Å². The molecule has 0 radical (unpaired) electrons. The molecular weight excluding hydrogens is 266 g/mol. The molecule has 2 nitrogen and oxygen atoms in total. The summed E-state index contributed by atoms with van der Waals surface area (Å²) in [5.74, 6) is 0. The molecule has 1 aromatic carbocycles. The summed E-state index contributed by atoms with van der Waals surface area (Å²) in [5, 5.41) is 1.26. The van der Waals surface area contributed by atoms with E-state index in [1.54, 1.807) is 0 Å². The van der Waals surface area contributed by atoms with E-state index in [1.165, 1.54) is 16.5 Å². The molecule has 0 fully saturated rings. The first-order valence-electron chi connectivity index (χ1n) is 5.41. The standard InChI is InChI=1S/C13H12BrNO/c1-8-12-7-16-5-4-10(12)11-6-9(14)2-3-13(11)15-8/h2-3,6H,4-5,7H2,1H3. The fourth-order valence-electron chi connectivity index (χ4n) is 2.30. The number of hydrogen-bond donors (Lipinski definition) is 0. The van der Waals surface area contributed by atoms with Gasteiger partial charge in [-0.05, 0) is 37.1 Å². The van der Waals surface area contributed by atoms with Crippen molar-refractivity contribution in [2.45, 2.75) is 20.0 Å². The number of aromatic nitrogens is 1. The minimum atomic E-state index is 0.705. The number of aryl methyl sites for hydroxylation is 1. The molecule has 2 heterocycles. The first-order valence-corrected chi connectivity index (χ1v) is 6.20. The summed E-state index contributed by atoms with van der Waals surface area (Å²) in [6.45, 7) is 3.59. The maximum atomic E-state index is 5.50. The minimum Gasteiger partial charge on any atom is -0.376 e. The molecule has 0 aliphatic carbocycles. The quantitative estimate of drug-likeness (QED) is 0.737. The Labute approximate surface area is 103 Å². The van der Waals surface area contributed by atoms with Crippen molar-refractivity contribution < 1.29 is 4.74 Å². The Balaban J connectivity index is 2.38. The normalized spacial score (nSPS) is 15.1. The minimum absolute atomic E-state index is 0.705. The van der Waals surface area contributed by atoms with Crippen LogP contribution in [0.25, 0.3) is 10.9 Å². The fraction of sp³-hybridized carbons (Fsp3) is 0.308. The van der Waals surface area contributed by atoms with E-state index in [2.05, 4.69) is 40.0 Å². The van der Waals surface area contributed by atoms with Gasteiger partial charge < -0.3 is 4.74 Å². The van der Waals surface area contributed by atoms with Crippen molar-refractivity contribution in [3.8, 4) is 0 Å². The Morgan fingerprint density at radius 1 is 1.31 bits per heavy atom. The molecule has 3 rings (SSSR count). The summed E-state index contributed by atoms with van der Waals surface area (Å²) in [6.07, 6.45) is 0.992. The van der Waals surface area contributed by atoms with Crippen molar-refractivity contribution in [1.82, 2.24) is 4.98 Å². The molecule has 3 heteroatoms. The maximum Gasteiger partial charge on any atom is 0.0737 e. The summed E-state index contributed by atoms with van der Waals surface area (Å²) in [4.78, 5) is 4.63. The van der Waals surface area contributed by atoms with E-state index >= 15 is 0 Å². The molecule has 0 spiro atoms. The van der Waals surface area contributed by atoms with Crippen LogP contribution in [0.1, 0.15) is 16.8 Å². The SMILES string of the molecule is Cc1nc2ccc(Br)cc2c2c1COCC2. The third kappa shape index (κ3) is 1.55. The average Bonchev–Trinajstić information content (AvgIpc) is 2.31. The molecular formula is C13H12BrNO. The van der Waals surface area contributed by atoms with E-state index in [0.29, 0.717) is 6.61 Å². The molecule has 0 saturated carbocycles. The molecule has 16 heavy (non-hydrogen) atoms. The van der Waals surface area contributed by atoms with Crippen LogP contribution >= 0.6 is 15.9 Å². The molecule has 0 atom stereocenters. The Morgan fingerprint density at radius 2 is 2.19 bits per heavy atom. The van der Waals surface area contributed by atoms with E-state index < -0.39 is 0 Å². The van der Waals surface area contributed by atoms with E-state index in [0.717, 1.165) is 28.7 Å². The molecule has 1 aromatic heterocycles. The second kappa shape index (κ2) is 3.82. The van der Waals surface area contributed by atoms with Gasteiger partial charge in [-0.3, -0.25) is 4.98 Å². The van der Waals surface area contributed by atoms with Crippen molar-refractivity contribution in [2.75, 3.05) is 6.61 Å². The van der Waals surface area contributed by atoms with E-state index in [-0.39, 0.29) is 0 Å². The van der Waals surface area contributed by atoms with Gasteiger partial charge in [0.15, 0.2) is 0 Å². The fourth-order valence-corrected chi connectivity index (χ4v) is 2.66. The molecule has 0 N–H and O–H groups in total. The lowest BCUT2D eigenvalue weighted by atomic mass is 9.97. The van der Waals surface area contributed by atoms with Crippen LogP contribution in [0.15, 0.2) is 22.7 Å². The summed E-state index contributed by atoms with van der Waals surface area (Å²) in [7, 11) is 0. The predicted molar refractivity (Wildman–Crippen MR) is 67.5 cm³/mol.